The predicted molar refractivity (Wildman–Crippen MR) is 77.6 cm³/mol. The van der Waals surface area contributed by atoms with E-state index in [9.17, 15) is 4.79 Å². The quantitative estimate of drug-likeness (QED) is 0.835. The van der Waals surface area contributed by atoms with Crippen molar-refractivity contribution in [1.82, 2.24) is 9.80 Å². The lowest BCUT2D eigenvalue weighted by Crippen LogP contribution is -2.37. The lowest BCUT2D eigenvalue weighted by molar-refractivity contribution is -0.138. The van der Waals surface area contributed by atoms with Crippen LogP contribution in [0.1, 0.15) is 18.5 Å². The molecule has 1 rings (SSSR count). The number of hydrogen-bond donors (Lipinski definition) is 1. The van der Waals surface area contributed by atoms with Crippen LogP contribution in [0.25, 0.3) is 0 Å². The van der Waals surface area contributed by atoms with E-state index in [2.05, 4.69) is 0 Å². The molecule has 0 aliphatic carbocycles. The maximum atomic E-state index is 11.0. The summed E-state index contributed by atoms with van der Waals surface area (Å²) in [6, 6.07) is 7.60. The molecule has 1 atom stereocenters. The Hall–Kier alpha value is -1.10. The van der Waals surface area contributed by atoms with Gasteiger partial charge in [0.2, 0.25) is 0 Å². The highest BCUT2D eigenvalue weighted by molar-refractivity contribution is 6.30. The van der Waals surface area contributed by atoms with Crippen LogP contribution in [-0.2, 0) is 4.79 Å². The molecule has 19 heavy (non-hydrogen) atoms. The minimum Gasteiger partial charge on any atom is -0.480 e. The average Bonchev–Trinajstić information content (AvgIpc) is 2.34. The second-order valence-corrected chi connectivity index (χ2v) is 5.33. The topological polar surface area (TPSA) is 43.8 Å². The van der Waals surface area contributed by atoms with Gasteiger partial charge in [-0.3, -0.25) is 9.69 Å². The van der Waals surface area contributed by atoms with Crippen molar-refractivity contribution in [2.45, 2.75) is 13.0 Å². The van der Waals surface area contributed by atoms with Crippen molar-refractivity contribution in [3.63, 3.8) is 0 Å². The summed E-state index contributed by atoms with van der Waals surface area (Å²) in [4.78, 5) is 15.0. The number of likely N-dealkylation sites (N-methyl/N-ethyl adjacent to an activating group) is 1. The zero-order valence-corrected chi connectivity index (χ0v) is 12.4. The molecule has 106 valence electrons. The van der Waals surface area contributed by atoms with Gasteiger partial charge in [-0.25, -0.2) is 0 Å². The van der Waals surface area contributed by atoms with Crippen molar-refractivity contribution in [1.29, 1.82) is 0 Å². The number of hydrogen-bond acceptors (Lipinski definition) is 3. The van der Waals surface area contributed by atoms with Crippen LogP contribution >= 0.6 is 11.6 Å². The van der Waals surface area contributed by atoms with E-state index in [1.54, 1.807) is 0 Å². The van der Waals surface area contributed by atoms with E-state index in [1.165, 1.54) is 0 Å². The van der Waals surface area contributed by atoms with Gasteiger partial charge < -0.3 is 10.0 Å². The van der Waals surface area contributed by atoms with Crippen molar-refractivity contribution < 1.29 is 9.90 Å². The summed E-state index contributed by atoms with van der Waals surface area (Å²) >= 11 is 5.87. The molecule has 1 aromatic carbocycles. The molecule has 0 bridgehead atoms. The molecule has 0 aliphatic heterocycles. The van der Waals surface area contributed by atoms with E-state index in [-0.39, 0.29) is 12.6 Å². The summed E-state index contributed by atoms with van der Waals surface area (Å²) in [5.41, 5.74) is 1.07. The van der Waals surface area contributed by atoms with Crippen LogP contribution in [0, 0.1) is 0 Å². The molecule has 0 aliphatic rings. The number of halogens is 1. The molecule has 0 heterocycles. The van der Waals surface area contributed by atoms with Gasteiger partial charge in [-0.05, 0) is 38.7 Å². The molecule has 0 spiro atoms. The van der Waals surface area contributed by atoms with Gasteiger partial charge >= 0.3 is 5.97 Å². The molecule has 0 saturated carbocycles. The second kappa shape index (κ2) is 7.48. The van der Waals surface area contributed by atoms with Gasteiger partial charge in [-0.1, -0.05) is 23.7 Å². The van der Waals surface area contributed by atoms with Crippen molar-refractivity contribution in [2.75, 3.05) is 33.7 Å². The van der Waals surface area contributed by atoms with Crippen molar-refractivity contribution in [3.05, 3.63) is 34.9 Å². The Bertz CT molecular complexity index is 406. The van der Waals surface area contributed by atoms with Gasteiger partial charge in [0.25, 0.3) is 0 Å². The fourth-order valence-corrected chi connectivity index (χ4v) is 1.99. The molecular formula is C14H21ClN2O2. The van der Waals surface area contributed by atoms with Gasteiger partial charge in [0, 0.05) is 24.2 Å². The summed E-state index contributed by atoms with van der Waals surface area (Å²) in [6.45, 7) is 3.59. The van der Waals surface area contributed by atoms with Crippen LogP contribution in [-0.4, -0.2) is 54.6 Å². The Morgan fingerprint density at radius 2 is 1.84 bits per heavy atom. The maximum Gasteiger partial charge on any atom is 0.317 e. The molecule has 0 amide bonds. The average molecular weight is 285 g/mol. The van der Waals surface area contributed by atoms with Crippen molar-refractivity contribution in [2.24, 2.45) is 0 Å². The highest BCUT2D eigenvalue weighted by Crippen LogP contribution is 2.21. The van der Waals surface area contributed by atoms with Gasteiger partial charge in [0.05, 0.1) is 6.54 Å². The Labute approximate surface area is 119 Å². The molecule has 0 radical (unpaired) electrons. The highest BCUT2D eigenvalue weighted by atomic mass is 35.5. The molecule has 1 aromatic rings. The number of aliphatic carboxylic acids is 1. The van der Waals surface area contributed by atoms with E-state index >= 15 is 0 Å². The van der Waals surface area contributed by atoms with E-state index in [0.29, 0.717) is 11.6 Å². The Kier molecular flexibility index (Phi) is 6.28. The zero-order chi connectivity index (χ0) is 14.4. The lowest BCUT2D eigenvalue weighted by atomic mass is 10.1. The smallest absolute Gasteiger partial charge is 0.317 e. The second-order valence-electron chi connectivity index (χ2n) is 4.90. The Morgan fingerprint density at radius 1 is 1.26 bits per heavy atom. The van der Waals surface area contributed by atoms with Crippen molar-refractivity contribution >= 4 is 17.6 Å². The first-order valence-corrected chi connectivity index (χ1v) is 6.64. The third kappa shape index (κ3) is 5.59. The summed E-state index contributed by atoms with van der Waals surface area (Å²) in [5, 5.41) is 9.70. The number of carboxylic acid groups (broad SMARTS) is 1. The molecule has 1 N–H and O–H groups in total. The summed E-state index contributed by atoms with van der Waals surface area (Å²) in [6.07, 6.45) is 0. The molecule has 1 unspecified atom stereocenters. The van der Waals surface area contributed by atoms with Gasteiger partial charge in [0.1, 0.15) is 0 Å². The first-order chi connectivity index (χ1) is 8.90. The summed E-state index contributed by atoms with van der Waals surface area (Å²) in [7, 11) is 3.96. The zero-order valence-electron chi connectivity index (χ0n) is 11.6. The van der Waals surface area contributed by atoms with Crippen LogP contribution in [0.5, 0.6) is 0 Å². The van der Waals surface area contributed by atoms with E-state index in [1.807, 2.05) is 55.1 Å². The minimum absolute atomic E-state index is 0.0393. The Balaban J connectivity index is 2.77. The van der Waals surface area contributed by atoms with Gasteiger partial charge in [0.15, 0.2) is 0 Å². The van der Waals surface area contributed by atoms with Crippen LogP contribution in [0.2, 0.25) is 5.02 Å². The monoisotopic (exact) mass is 284 g/mol. The lowest BCUT2D eigenvalue weighted by Gasteiger charge is -2.29. The fraction of sp³-hybridized carbons (Fsp3) is 0.500. The Morgan fingerprint density at radius 3 is 2.32 bits per heavy atom. The molecule has 4 nitrogen and oxygen atoms in total. The van der Waals surface area contributed by atoms with Gasteiger partial charge in [-0.2, -0.15) is 0 Å². The van der Waals surface area contributed by atoms with E-state index in [0.717, 1.165) is 12.1 Å². The van der Waals surface area contributed by atoms with E-state index < -0.39 is 5.97 Å². The SMILES string of the molecule is CC(c1ccc(Cl)cc1)N(CCN(C)C)CC(=O)O. The highest BCUT2D eigenvalue weighted by Gasteiger charge is 2.18. The number of nitrogens with zero attached hydrogens (tertiary/aromatic N) is 2. The van der Waals surface area contributed by atoms with Crippen LogP contribution < -0.4 is 0 Å². The first-order valence-electron chi connectivity index (χ1n) is 6.26. The molecule has 0 saturated heterocycles. The van der Waals surface area contributed by atoms with E-state index in [4.69, 9.17) is 16.7 Å². The largest absolute Gasteiger partial charge is 0.480 e. The number of benzene rings is 1. The first kappa shape index (κ1) is 16.0. The maximum absolute atomic E-state index is 11.0. The third-order valence-corrected chi connectivity index (χ3v) is 3.32. The minimum atomic E-state index is -0.806. The molecule has 5 heteroatoms. The van der Waals surface area contributed by atoms with Crippen LogP contribution in [0.4, 0.5) is 0 Å². The molecule has 0 fully saturated rings. The summed E-state index contributed by atoms with van der Waals surface area (Å²) in [5.74, 6) is -0.806. The van der Waals surface area contributed by atoms with Crippen molar-refractivity contribution in [3.8, 4) is 0 Å². The molecular weight excluding hydrogens is 264 g/mol. The predicted octanol–water partition coefficient (Wildman–Crippen LogP) is 2.35. The summed E-state index contributed by atoms with van der Waals surface area (Å²) < 4.78 is 0. The van der Waals surface area contributed by atoms with Crippen LogP contribution in [0.15, 0.2) is 24.3 Å². The fourth-order valence-electron chi connectivity index (χ4n) is 1.86. The number of carboxylic acids is 1. The third-order valence-electron chi connectivity index (χ3n) is 3.07. The standard InChI is InChI=1S/C14H21ClN2O2/c1-11(12-4-6-13(15)7-5-12)17(10-14(18)19)9-8-16(2)3/h4-7,11H,8-10H2,1-3H3,(H,18,19). The van der Waals surface area contributed by atoms with Crippen LogP contribution in [0.3, 0.4) is 0 Å². The number of carbonyl (C=O) groups is 1. The normalized spacial score (nSPS) is 12.9. The molecule has 0 aromatic heterocycles. The number of rotatable bonds is 7. The van der Waals surface area contributed by atoms with Gasteiger partial charge in [-0.15, -0.1) is 0 Å².